The molecule has 0 amide bonds. The second-order valence-electron chi connectivity index (χ2n) is 5.72. The van der Waals surface area contributed by atoms with Gasteiger partial charge in [-0.1, -0.05) is 30.3 Å². The van der Waals surface area contributed by atoms with E-state index >= 15 is 0 Å². The van der Waals surface area contributed by atoms with Gasteiger partial charge in [0.05, 0.1) is 0 Å². The Morgan fingerprint density at radius 2 is 1.95 bits per heavy atom. The largest absolute Gasteiger partial charge is 0.320 e. The van der Waals surface area contributed by atoms with Crippen LogP contribution < -0.4 is 5.32 Å². The van der Waals surface area contributed by atoms with Gasteiger partial charge in [0.15, 0.2) is 0 Å². The summed E-state index contributed by atoms with van der Waals surface area (Å²) in [6.45, 7) is 5.05. The molecule has 0 bridgehead atoms. The lowest BCUT2D eigenvalue weighted by Gasteiger charge is -2.31. The van der Waals surface area contributed by atoms with Crippen molar-refractivity contribution in [2.75, 3.05) is 39.0 Å². The highest BCUT2D eigenvalue weighted by Gasteiger charge is 2.18. The molecule has 0 aliphatic carbocycles. The van der Waals surface area contributed by atoms with Gasteiger partial charge in [0.25, 0.3) is 0 Å². The van der Waals surface area contributed by atoms with E-state index in [1.807, 2.05) is 0 Å². The van der Waals surface area contributed by atoms with Gasteiger partial charge in [-0.15, -0.1) is 0 Å². The third kappa shape index (κ3) is 5.86. The van der Waals surface area contributed by atoms with E-state index in [1.165, 1.54) is 56.8 Å². The van der Waals surface area contributed by atoms with Crippen molar-refractivity contribution in [1.29, 1.82) is 0 Å². The fourth-order valence-corrected chi connectivity index (χ4v) is 3.76. The molecule has 0 spiro atoms. The molecule has 0 unspecified atom stereocenters. The number of hydrogen-bond acceptors (Lipinski definition) is 3. The molecular weight excluding hydrogens is 264 g/mol. The number of nitrogens with one attached hydrogen (secondary N) is 1. The van der Waals surface area contributed by atoms with Gasteiger partial charge >= 0.3 is 0 Å². The number of likely N-dealkylation sites (tertiary alicyclic amines) is 1. The molecule has 1 heterocycles. The predicted octanol–water partition coefficient (Wildman–Crippen LogP) is 3.24. The third-order valence-electron chi connectivity index (χ3n) is 4.17. The molecule has 1 aromatic carbocycles. The lowest BCUT2D eigenvalue weighted by atomic mass is 9.94. The van der Waals surface area contributed by atoms with Gasteiger partial charge in [-0.25, -0.2) is 0 Å². The van der Waals surface area contributed by atoms with Gasteiger partial charge in [0.1, 0.15) is 0 Å². The fourth-order valence-electron chi connectivity index (χ4n) is 2.81. The van der Waals surface area contributed by atoms with E-state index < -0.39 is 0 Å². The van der Waals surface area contributed by atoms with Crippen LogP contribution in [-0.2, 0) is 5.75 Å². The minimum atomic E-state index is 0.954. The zero-order chi connectivity index (χ0) is 14.0. The molecule has 1 N–H and O–H groups in total. The molecule has 1 aromatic rings. The van der Waals surface area contributed by atoms with Crippen molar-refractivity contribution in [2.24, 2.45) is 5.92 Å². The summed E-state index contributed by atoms with van der Waals surface area (Å²) in [5.41, 5.74) is 1.45. The Hall–Kier alpha value is -0.510. The lowest BCUT2D eigenvalue weighted by Crippen LogP contribution is -2.35. The minimum absolute atomic E-state index is 0.954. The van der Waals surface area contributed by atoms with E-state index in [9.17, 15) is 0 Å². The van der Waals surface area contributed by atoms with Crippen molar-refractivity contribution >= 4 is 11.8 Å². The van der Waals surface area contributed by atoms with E-state index in [4.69, 9.17) is 0 Å². The Morgan fingerprint density at radius 1 is 1.20 bits per heavy atom. The smallest absolute Gasteiger partial charge is 0.0185 e. The maximum absolute atomic E-state index is 3.27. The molecule has 3 heteroatoms. The maximum atomic E-state index is 3.27. The summed E-state index contributed by atoms with van der Waals surface area (Å²) in [7, 11) is 2.05. The normalized spacial score (nSPS) is 17.4. The van der Waals surface area contributed by atoms with Crippen molar-refractivity contribution in [3.63, 3.8) is 0 Å². The summed E-state index contributed by atoms with van der Waals surface area (Å²) in [4.78, 5) is 2.65. The Labute approximate surface area is 128 Å². The zero-order valence-electron chi connectivity index (χ0n) is 12.7. The molecule has 2 nitrogen and oxygen atoms in total. The van der Waals surface area contributed by atoms with Gasteiger partial charge in [-0.05, 0) is 57.4 Å². The van der Waals surface area contributed by atoms with Crippen molar-refractivity contribution < 1.29 is 0 Å². The molecule has 2 rings (SSSR count). The number of rotatable bonds is 8. The maximum Gasteiger partial charge on any atom is 0.0185 e. The first kappa shape index (κ1) is 15.9. The van der Waals surface area contributed by atoms with E-state index in [0.29, 0.717) is 0 Å². The molecule has 0 aromatic heterocycles. The zero-order valence-corrected chi connectivity index (χ0v) is 13.5. The van der Waals surface area contributed by atoms with E-state index in [-0.39, 0.29) is 0 Å². The van der Waals surface area contributed by atoms with Gasteiger partial charge in [0, 0.05) is 18.1 Å². The van der Waals surface area contributed by atoms with Crippen LogP contribution in [0.15, 0.2) is 30.3 Å². The molecular formula is C17H28N2S. The van der Waals surface area contributed by atoms with Crippen LogP contribution in [0.4, 0.5) is 0 Å². The van der Waals surface area contributed by atoms with Crippen LogP contribution in [0.2, 0.25) is 0 Å². The first-order chi connectivity index (χ1) is 9.88. The predicted molar refractivity (Wildman–Crippen MR) is 90.3 cm³/mol. The van der Waals surface area contributed by atoms with Crippen molar-refractivity contribution in [2.45, 2.75) is 25.0 Å². The number of nitrogens with zero attached hydrogens (tertiary/aromatic N) is 1. The van der Waals surface area contributed by atoms with Crippen LogP contribution in [0.25, 0.3) is 0 Å². The molecule has 1 aliphatic heterocycles. The first-order valence-corrected chi connectivity index (χ1v) is 9.02. The van der Waals surface area contributed by atoms with Crippen LogP contribution in [-0.4, -0.2) is 43.9 Å². The standard InChI is InChI=1S/C17H28N2S/c1-18-10-7-16-8-11-19(12-9-16)13-14-20-15-17-5-3-2-4-6-17/h2-6,16,18H,7-15H2,1H3. The van der Waals surface area contributed by atoms with E-state index in [0.717, 1.165) is 11.7 Å². The van der Waals surface area contributed by atoms with Crippen LogP contribution in [0, 0.1) is 5.92 Å². The molecule has 20 heavy (non-hydrogen) atoms. The Balaban J connectivity index is 1.53. The topological polar surface area (TPSA) is 15.3 Å². The highest BCUT2D eigenvalue weighted by atomic mass is 32.2. The molecule has 0 atom stereocenters. The average Bonchev–Trinajstić information content (AvgIpc) is 2.52. The fraction of sp³-hybridized carbons (Fsp3) is 0.647. The van der Waals surface area contributed by atoms with Crippen LogP contribution in [0.1, 0.15) is 24.8 Å². The van der Waals surface area contributed by atoms with Crippen molar-refractivity contribution in [3.8, 4) is 0 Å². The molecule has 1 saturated heterocycles. The van der Waals surface area contributed by atoms with Gasteiger partial charge < -0.3 is 10.2 Å². The second kappa shape index (κ2) is 9.43. The highest BCUT2D eigenvalue weighted by Crippen LogP contribution is 2.20. The SMILES string of the molecule is CNCCC1CCN(CCSCc2ccccc2)CC1. The highest BCUT2D eigenvalue weighted by molar-refractivity contribution is 7.98. The lowest BCUT2D eigenvalue weighted by molar-refractivity contribution is 0.188. The van der Waals surface area contributed by atoms with Gasteiger partial charge in [-0.3, -0.25) is 0 Å². The number of benzene rings is 1. The third-order valence-corrected chi connectivity index (χ3v) is 5.18. The summed E-state index contributed by atoms with van der Waals surface area (Å²) in [6.07, 6.45) is 4.14. The summed E-state index contributed by atoms with van der Waals surface area (Å²) >= 11 is 2.06. The molecule has 112 valence electrons. The Bertz CT molecular complexity index is 347. The van der Waals surface area contributed by atoms with Crippen LogP contribution in [0.5, 0.6) is 0 Å². The van der Waals surface area contributed by atoms with Crippen LogP contribution >= 0.6 is 11.8 Å². The van der Waals surface area contributed by atoms with E-state index in [2.05, 4.69) is 59.4 Å². The summed E-state index contributed by atoms with van der Waals surface area (Å²) < 4.78 is 0. The Morgan fingerprint density at radius 3 is 2.65 bits per heavy atom. The van der Waals surface area contributed by atoms with Gasteiger partial charge in [-0.2, -0.15) is 11.8 Å². The minimum Gasteiger partial charge on any atom is -0.320 e. The summed E-state index contributed by atoms with van der Waals surface area (Å²) in [6, 6.07) is 10.8. The number of thioether (sulfide) groups is 1. The second-order valence-corrected chi connectivity index (χ2v) is 6.82. The quantitative estimate of drug-likeness (QED) is 0.741. The first-order valence-electron chi connectivity index (χ1n) is 7.87. The van der Waals surface area contributed by atoms with E-state index in [1.54, 1.807) is 0 Å². The number of piperidine rings is 1. The molecule has 1 fully saturated rings. The van der Waals surface area contributed by atoms with Crippen molar-refractivity contribution in [3.05, 3.63) is 35.9 Å². The van der Waals surface area contributed by atoms with Crippen molar-refractivity contribution in [1.82, 2.24) is 10.2 Å². The number of hydrogen-bond donors (Lipinski definition) is 1. The Kier molecular flexibility index (Phi) is 7.48. The summed E-state index contributed by atoms with van der Waals surface area (Å²) in [5, 5.41) is 3.27. The molecule has 1 aliphatic rings. The average molecular weight is 292 g/mol. The monoisotopic (exact) mass is 292 g/mol. The summed E-state index contributed by atoms with van der Waals surface area (Å²) in [5.74, 6) is 3.37. The van der Waals surface area contributed by atoms with Gasteiger partial charge in [0.2, 0.25) is 0 Å². The molecule has 0 radical (unpaired) electrons. The molecule has 0 saturated carbocycles. The van der Waals surface area contributed by atoms with Crippen LogP contribution in [0.3, 0.4) is 0 Å².